The lowest BCUT2D eigenvalue weighted by Crippen LogP contribution is -2.44. The molecule has 6 heteroatoms. The summed E-state index contributed by atoms with van der Waals surface area (Å²) in [7, 11) is 0. The van der Waals surface area contributed by atoms with Gasteiger partial charge in [-0.15, -0.1) is 0 Å². The van der Waals surface area contributed by atoms with Gasteiger partial charge in [0.15, 0.2) is 6.29 Å². The first-order valence-electron chi connectivity index (χ1n) is 10.4. The van der Waals surface area contributed by atoms with Crippen LogP contribution in [0.1, 0.15) is 44.6 Å². The Hall–Kier alpha value is -1.92. The van der Waals surface area contributed by atoms with E-state index >= 15 is 0 Å². The van der Waals surface area contributed by atoms with Crippen molar-refractivity contribution < 1.29 is 19.1 Å². The second-order valence-electron chi connectivity index (χ2n) is 8.43. The van der Waals surface area contributed by atoms with Crippen LogP contribution >= 0.6 is 0 Å². The second-order valence-corrected chi connectivity index (χ2v) is 8.43. The van der Waals surface area contributed by atoms with Crippen molar-refractivity contribution in [3.05, 3.63) is 29.8 Å². The molecule has 0 aliphatic carbocycles. The zero-order chi connectivity index (χ0) is 19.7. The molecule has 0 bridgehead atoms. The number of carbonyl (C=O) groups excluding carboxylic acids is 2. The Bertz CT molecular complexity index is 721. The van der Waals surface area contributed by atoms with Crippen LogP contribution in [0.5, 0.6) is 0 Å². The van der Waals surface area contributed by atoms with Gasteiger partial charge in [0, 0.05) is 37.7 Å². The third-order valence-corrected chi connectivity index (χ3v) is 6.21. The van der Waals surface area contributed by atoms with Crippen LogP contribution in [0.25, 0.3) is 0 Å². The minimum atomic E-state index is -0.245. The Labute approximate surface area is 166 Å². The van der Waals surface area contributed by atoms with E-state index in [4.69, 9.17) is 9.47 Å². The van der Waals surface area contributed by atoms with Crippen molar-refractivity contribution in [2.24, 2.45) is 11.8 Å². The molecule has 0 radical (unpaired) electrons. The zero-order valence-electron chi connectivity index (χ0n) is 16.8. The maximum Gasteiger partial charge on any atom is 0.228 e. The van der Waals surface area contributed by atoms with Crippen LogP contribution in [-0.2, 0) is 19.1 Å². The number of amides is 2. The van der Waals surface area contributed by atoms with Crippen LogP contribution in [-0.4, -0.2) is 55.9 Å². The third kappa shape index (κ3) is 3.94. The summed E-state index contributed by atoms with van der Waals surface area (Å²) >= 11 is 0. The molecule has 1 unspecified atom stereocenters. The fraction of sp³-hybridized carbons (Fsp3) is 0.636. The molecule has 0 aromatic heterocycles. The second kappa shape index (κ2) is 8.21. The van der Waals surface area contributed by atoms with Crippen molar-refractivity contribution in [3.8, 4) is 0 Å². The van der Waals surface area contributed by atoms with Crippen molar-refractivity contribution >= 4 is 17.5 Å². The maximum atomic E-state index is 13.0. The Morgan fingerprint density at radius 1 is 1.14 bits per heavy atom. The van der Waals surface area contributed by atoms with E-state index in [0.717, 1.165) is 31.6 Å². The average molecular weight is 386 g/mol. The molecule has 3 aliphatic heterocycles. The molecule has 0 N–H and O–H groups in total. The number of hydrogen-bond donors (Lipinski definition) is 0. The first-order chi connectivity index (χ1) is 13.5. The molecule has 1 aromatic rings. The van der Waals surface area contributed by atoms with Crippen molar-refractivity contribution in [2.75, 3.05) is 37.7 Å². The van der Waals surface area contributed by atoms with Gasteiger partial charge in [-0.25, -0.2) is 0 Å². The first kappa shape index (κ1) is 19.4. The molecule has 152 valence electrons. The van der Waals surface area contributed by atoms with E-state index in [1.54, 1.807) is 4.90 Å². The lowest BCUT2D eigenvalue weighted by Gasteiger charge is -2.35. The van der Waals surface area contributed by atoms with Crippen LogP contribution in [0.3, 0.4) is 0 Å². The van der Waals surface area contributed by atoms with Gasteiger partial charge in [-0.1, -0.05) is 26.0 Å². The van der Waals surface area contributed by atoms with Gasteiger partial charge in [-0.3, -0.25) is 9.59 Å². The van der Waals surface area contributed by atoms with E-state index in [1.165, 1.54) is 5.56 Å². The molecular formula is C22H30N2O4. The molecule has 1 aromatic carbocycles. The Kier molecular flexibility index (Phi) is 5.69. The van der Waals surface area contributed by atoms with E-state index in [1.807, 2.05) is 17.0 Å². The molecule has 1 atom stereocenters. The summed E-state index contributed by atoms with van der Waals surface area (Å²) in [5.41, 5.74) is 2.11. The Morgan fingerprint density at radius 3 is 2.54 bits per heavy atom. The molecule has 3 heterocycles. The van der Waals surface area contributed by atoms with Gasteiger partial charge in [0.25, 0.3) is 0 Å². The molecule has 0 saturated carbocycles. The zero-order valence-corrected chi connectivity index (χ0v) is 16.8. The number of benzene rings is 1. The minimum absolute atomic E-state index is 0.0434. The van der Waals surface area contributed by atoms with Gasteiger partial charge in [-0.2, -0.15) is 0 Å². The molecular weight excluding hydrogens is 356 g/mol. The minimum Gasteiger partial charge on any atom is -0.350 e. The predicted molar refractivity (Wildman–Crippen MR) is 106 cm³/mol. The predicted octanol–water partition coefficient (Wildman–Crippen LogP) is 2.77. The fourth-order valence-corrected chi connectivity index (χ4v) is 4.47. The molecule has 4 rings (SSSR count). The van der Waals surface area contributed by atoms with Crippen LogP contribution in [0.2, 0.25) is 0 Å². The molecule has 6 nitrogen and oxygen atoms in total. The van der Waals surface area contributed by atoms with Gasteiger partial charge in [0.2, 0.25) is 11.8 Å². The summed E-state index contributed by atoms with van der Waals surface area (Å²) in [6.45, 7) is 7.54. The highest BCUT2D eigenvalue weighted by atomic mass is 16.7. The Balaban J connectivity index is 1.36. The number of anilines is 1. The average Bonchev–Trinajstić information content (AvgIpc) is 3.38. The lowest BCUT2D eigenvalue weighted by atomic mass is 9.95. The highest BCUT2D eigenvalue weighted by Crippen LogP contribution is 2.31. The lowest BCUT2D eigenvalue weighted by molar-refractivity contribution is -0.140. The van der Waals surface area contributed by atoms with E-state index in [2.05, 4.69) is 26.0 Å². The molecule has 28 heavy (non-hydrogen) atoms. The number of likely N-dealkylation sites (tertiary alicyclic amines) is 1. The van der Waals surface area contributed by atoms with E-state index in [0.29, 0.717) is 38.0 Å². The van der Waals surface area contributed by atoms with Gasteiger partial charge in [0.05, 0.1) is 19.1 Å². The van der Waals surface area contributed by atoms with Crippen LogP contribution in [0.4, 0.5) is 5.69 Å². The SMILES string of the molecule is CC(C)c1cccc(N2CC(C(=O)N3CCC(C4OCCO4)CC3)CC2=O)c1. The number of rotatable bonds is 4. The van der Waals surface area contributed by atoms with Crippen LogP contribution in [0, 0.1) is 11.8 Å². The molecule has 0 spiro atoms. The largest absolute Gasteiger partial charge is 0.350 e. The van der Waals surface area contributed by atoms with Crippen LogP contribution in [0.15, 0.2) is 24.3 Å². The van der Waals surface area contributed by atoms with E-state index in [9.17, 15) is 9.59 Å². The van der Waals surface area contributed by atoms with Crippen molar-refractivity contribution in [2.45, 2.75) is 45.3 Å². The summed E-state index contributed by atoms with van der Waals surface area (Å²) in [5, 5.41) is 0. The smallest absolute Gasteiger partial charge is 0.228 e. The highest BCUT2D eigenvalue weighted by molar-refractivity contribution is 6.00. The monoisotopic (exact) mass is 386 g/mol. The summed E-state index contributed by atoms with van der Waals surface area (Å²) in [4.78, 5) is 29.3. The number of piperidine rings is 1. The van der Waals surface area contributed by atoms with E-state index < -0.39 is 0 Å². The summed E-state index contributed by atoms with van der Waals surface area (Å²) < 4.78 is 11.2. The number of nitrogens with zero attached hydrogens (tertiary/aromatic N) is 2. The highest BCUT2D eigenvalue weighted by Gasteiger charge is 2.39. The molecule has 3 fully saturated rings. The van der Waals surface area contributed by atoms with Crippen molar-refractivity contribution in [3.63, 3.8) is 0 Å². The van der Waals surface area contributed by atoms with Gasteiger partial charge in [-0.05, 0) is 36.5 Å². The standard InChI is InChI=1S/C22H30N2O4/c1-15(2)17-4-3-5-19(12-17)24-14-18(13-20(24)25)21(26)23-8-6-16(7-9-23)22-27-10-11-28-22/h3-5,12,15-16,18,22H,6-11,13-14H2,1-2H3. The van der Waals surface area contributed by atoms with Gasteiger partial charge < -0.3 is 19.3 Å². The number of carbonyl (C=O) groups is 2. The first-order valence-corrected chi connectivity index (χ1v) is 10.4. The number of hydrogen-bond acceptors (Lipinski definition) is 4. The van der Waals surface area contributed by atoms with Crippen molar-refractivity contribution in [1.82, 2.24) is 4.90 Å². The normalized spacial score (nSPS) is 24.5. The summed E-state index contributed by atoms with van der Waals surface area (Å²) in [6, 6.07) is 8.11. The maximum absolute atomic E-state index is 13.0. The fourth-order valence-electron chi connectivity index (χ4n) is 4.47. The topological polar surface area (TPSA) is 59.1 Å². The van der Waals surface area contributed by atoms with Crippen molar-refractivity contribution in [1.29, 1.82) is 0 Å². The molecule has 2 amide bonds. The Morgan fingerprint density at radius 2 is 1.86 bits per heavy atom. The van der Waals surface area contributed by atoms with Crippen LogP contribution < -0.4 is 4.90 Å². The molecule has 3 saturated heterocycles. The summed E-state index contributed by atoms with van der Waals surface area (Å²) in [6.07, 6.45) is 2.00. The van der Waals surface area contributed by atoms with Gasteiger partial charge >= 0.3 is 0 Å². The third-order valence-electron chi connectivity index (χ3n) is 6.21. The summed E-state index contributed by atoms with van der Waals surface area (Å²) in [5.74, 6) is 0.687. The quantitative estimate of drug-likeness (QED) is 0.798. The van der Waals surface area contributed by atoms with E-state index in [-0.39, 0.29) is 24.0 Å². The number of ether oxygens (including phenoxy) is 2. The molecule has 3 aliphatic rings. The van der Waals surface area contributed by atoms with Gasteiger partial charge in [0.1, 0.15) is 0 Å².